The van der Waals surface area contributed by atoms with Crippen molar-refractivity contribution in [3.63, 3.8) is 0 Å². The summed E-state index contributed by atoms with van der Waals surface area (Å²) in [6.45, 7) is 3.55. The number of rotatable bonds is 7. The maximum atomic E-state index is 13.0. The second-order valence-corrected chi connectivity index (χ2v) is 7.40. The number of aromatic hydroxyl groups is 1. The van der Waals surface area contributed by atoms with E-state index in [2.05, 4.69) is 0 Å². The minimum atomic E-state index is -0.945. The van der Waals surface area contributed by atoms with Gasteiger partial charge in [-0.1, -0.05) is 31.2 Å². The number of primary amides is 1. The van der Waals surface area contributed by atoms with Crippen LogP contribution in [0.15, 0.2) is 60.8 Å². The van der Waals surface area contributed by atoms with E-state index in [0.717, 1.165) is 11.8 Å². The van der Waals surface area contributed by atoms with Crippen molar-refractivity contribution in [3.05, 3.63) is 83.7 Å². The number of methoxy groups -OCH3 is 2. The summed E-state index contributed by atoms with van der Waals surface area (Å²) < 4.78 is 40.2. The molecule has 200 valence electrons. The zero-order valence-corrected chi connectivity index (χ0v) is 21.0. The van der Waals surface area contributed by atoms with Crippen molar-refractivity contribution in [2.75, 3.05) is 14.2 Å². The second kappa shape index (κ2) is 15.6. The number of carbonyl (C=O) groups excluding carboxylic acids is 2. The van der Waals surface area contributed by atoms with Crippen LogP contribution in [0.3, 0.4) is 0 Å². The van der Waals surface area contributed by atoms with Gasteiger partial charge in [-0.3, -0.25) is 14.8 Å². The molecule has 37 heavy (non-hydrogen) atoms. The van der Waals surface area contributed by atoms with Crippen molar-refractivity contribution < 1.29 is 47.6 Å². The molecule has 0 radical (unpaired) electrons. The molecule has 0 fully saturated rings. The summed E-state index contributed by atoms with van der Waals surface area (Å²) in [6.07, 6.45) is 1.75. The Kier molecular flexibility index (Phi) is 12.9. The smallest absolute Gasteiger partial charge is 0.366 e. The molecule has 9 nitrogen and oxygen atoms in total. The third-order valence-corrected chi connectivity index (χ3v) is 4.62. The molecular formula is C26H31F2N2O7+. The molecule has 11 heteroatoms. The molecule has 0 spiro atoms. The zero-order valence-electron chi connectivity index (χ0n) is 21.0. The standard InChI is InChI=1S/C13H17FO3.C7H8N2O4.C6H5F/c1-4-13(15)17-9(2)7-10-5-6-11(14)8-12(10)16-3;1-13-4-2-3-9(12)5(6(4)10)7(8)11;7-6-4-2-1-3-5-6/h5-6,8-9H,4,7H2,1-3H3;2-3H,1H3,(H3-,8,10,11,12);1-5H/p+1. The normalized spacial score (nSPS) is 10.5. The monoisotopic (exact) mass is 521 g/mol. The molecule has 0 aliphatic heterocycles. The number of nitrogens with two attached hydrogens (primary N) is 1. The lowest BCUT2D eigenvalue weighted by molar-refractivity contribution is -0.906. The van der Waals surface area contributed by atoms with Gasteiger partial charge in [0.15, 0.2) is 5.75 Å². The van der Waals surface area contributed by atoms with Crippen molar-refractivity contribution in [2.45, 2.75) is 32.8 Å². The Bertz CT molecular complexity index is 1160. The Labute approximate surface area is 213 Å². The van der Waals surface area contributed by atoms with Crippen molar-refractivity contribution in [1.29, 1.82) is 0 Å². The Morgan fingerprint density at radius 1 is 1.00 bits per heavy atom. The number of amides is 1. The molecule has 0 aliphatic rings. The van der Waals surface area contributed by atoms with Crippen LogP contribution < -0.4 is 19.9 Å². The molecule has 3 aromatic rings. The van der Waals surface area contributed by atoms with Gasteiger partial charge in [0, 0.05) is 23.6 Å². The molecule has 1 atom stereocenters. The van der Waals surface area contributed by atoms with E-state index in [0.29, 0.717) is 23.3 Å². The minimum Gasteiger partial charge on any atom is -0.499 e. The SMILES string of the molecule is CCC(=O)OC(C)Cc1ccc(F)cc1OC.COc1cc[n+](O)c(C(N)=O)c1O.Fc1ccccc1. The van der Waals surface area contributed by atoms with E-state index in [1.54, 1.807) is 38.1 Å². The van der Waals surface area contributed by atoms with E-state index in [1.165, 1.54) is 44.6 Å². The van der Waals surface area contributed by atoms with Crippen LogP contribution in [0.25, 0.3) is 0 Å². The highest BCUT2D eigenvalue weighted by atomic mass is 19.1. The van der Waals surface area contributed by atoms with Gasteiger partial charge in [-0.2, -0.15) is 0 Å². The Hall–Kier alpha value is -4.41. The molecule has 0 saturated heterocycles. The van der Waals surface area contributed by atoms with Gasteiger partial charge in [-0.25, -0.2) is 8.78 Å². The first-order valence-electron chi connectivity index (χ1n) is 11.1. The predicted octanol–water partition coefficient (Wildman–Crippen LogP) is 3.57. The summed E-state index contributed by atoms with van der Waals surface area (Å²) in [5.41, 5.74) is 5.31. The summed E-state index contributed by atoms with van der Waals surface area (Å²) in [5.74, 6) is -1.65. The number of hydrogen-bond donors (Lipinski definition) is 3. The average Bonchev–Trinajstić information content (AvgIpc) is 2.86. The Balaban J connectivity index is 0.000000301. The van der Waals surface area contributed by atoms with E-state index in [1.807, 2.05) is 0 Å². The number of benzene rings is 2. The molecule has 3 rings (SSSR count). The van der Waals surface area contributed by atoms with Crippen molar-refractivity contribution >= 4 is 11.9 Å². The number of aromatic nitrogens is 1. The van der Waals surface area contributed by atoms with E-state index < -0.39 is 17.4 Å². The molecule has 1 unspecified atom stereocenters. The highest BCUT2D eigenvalue weighted by Crippen LogP contribution is 2.26. The van der Waals surface area contributed by atoms with Gasteiger partial charge in [0.1, 0.15) is 23.5 Å². The van der Waals surface area contributed by atoms with Crippen LogP contribution in [0, 0.1) is 11.6 Å². The number of carbonyl (C=O) groups is 2. The van der Waals surface area contributed by atoms with Gasteiger partial charge >= 0.3 is 17.6 Å². The van der Waals surface area contributed by atoms with Gasteiger partial charge in [0.05, 0.1) is 20.3 Å². The van der Waals surface area contributed by atoms with E-state index in [-0.39, 0.29) is 29.5 Å². The van der Waals surface area contributed by atoms with Gasteiger partial charge in [-0.15, -0.1) is 0 Å². The first-order chi connectivity index (χ1) is 17.5. The topological polar surface area (TPSA) is 132 Å². The van der Waals surface area contributed by atoms with Crippen LogP contribution >= 0.6 is 0 Å². The lowest BCUT2D eigenvalue weighted by Crippen LogP contribution is -2.39. The number of ether oxygens (including phenoxy) is 3. The average molecular weight is 522 g/mol. The Morgan fingerprint density at radius 2 is 1.62 bits per heavy atom. The Morgan fingerprint density at radius 3 is 2.11 bits per heavy atom. The molecule has 0 bridgehead atoms. The molecule has 1 amide bonds. The maximum Gasteiger partial charge on any atom is 0.366 e. The van der Waals surface area contributed by atoms with Gasteiger partial charge in [0.2, 0.25) is 11.9 Å². The first-order valence-corrected chi connectivity index (χ1v) is 11.1. The maximum absolute atomic E-state index is 13.0. The summed E-state index contributed by atoms with van der Waals surface area (Å²) in [4.78, 5) is 21.8. The van der Waals surface area contributed by atoms with Gasteiger partial charge in [0.25, 0.3) is 0 Å². The molecule has 4 N–H and O–H groups in total. The number of esters is 1. The summed E-state index contributed by atoms with van der Waals surface area (Å²) >= 11 is 0. The van der Waals surface area contributed by atoms with Crippen molar-refractivity contribution in [1.82, 2.24) is 0 Å². The summed E-state index contributed by atoms with van der Waals surface area (Å²) in [6, 6.07) is 13.6. The highest BCUT2D eigenvalue weighted by molar-refractivity contribution is 5.92. The predicted molar refractivity (Wildman–Crippen MR) is 129 cm³/mol. The third kappa shape index (κ3) is 10.4. The fourth-order valence-corrected chi connectivity index (χ4v) is 2.87. The van der Waals surface area contributed by atoms with Crippen molar-refractivity contribution in [3.8, 4) is 17.2 Å². The fraction of sp³-hybridized carbons (Fsp3) is 0.269. The van der Waals surface area contributed by atoms with E-state index >= 15 is 0 Å². The molecule has 1 aromatic heterocycles. The zero-order chi connectivity index (χ0) is 28.0. The fourth-order valence-electron chi connectivity index (χ4n) is 2.87. The van der Waals surface area contributed by atoms with Crippen LogP contribution in [-0.2, 0) is 16.0 Å². The highest BCUT2D eigenvalue weighted by Gasteiger charge is 2.26. The van der Waals surface area contributed by atoms with Crippen LogP contribution in [0.5, 0.6) is 17.2 Å². The van der Waals surface area contributed by atoms with Crippen LogP contribution in [0.1, 0.15) is 36.3 Å². The number of hydrogen-bond acceptors (Lipinski definition) is 7. The van der Waals surface area contributed by atoms with Crippen molar-refractivity contribution in [2.24, 2.45) is 5.73 Å². The van der Waals surface area contributed by atoms with Crippen LogP contribution in [0.2, 0.25) is 0 Å². The molecule has 0 saturated carbocycles. The van der Waals surface area contributed by atoms with Gasteiger partial charge < -0.3 is 25.1 Å². The number of halogens is 2. The van der Waals surface area contributed by atoms with Crippen LogP contribution in [-0.4, -0.2) is 42.5 Å². The molecule has 0 aliphatic carbocycles. The molecule has 2 aromatic carbocycles. The lowest BCUT2D eigenvalue weighted by Gasteiger charge is -2.14. The summed E-state index contributed by atoms with van der Waals surface area (Å²) in [5, 5.41) is 18.4. The summed E-state index contributed by atoms with van der Waals surface area (Å²) in [7, 11) is 2.81. The van der Waals surface area contributed by atoms with Crippen LogP contribution in [0.4, 0.5) is 8.78 Å². The third-order valence-electron chi connectivity index (χ3n) is 4.62. The molecular weight excluding hydrogens is 490 g/mol. The van der Waals surface area contributed by atoms with E-state index in [4.69, 9.17) is 25.2 Å². The quantitative estimate of drug-likeness (QED) is 0.246. The lowest BCUT2D eigenvalue weighted by atomic mass is 10.1. The van der Waals surface area contributed by atoms with Gasteiger partial charge in [-0.05, 0) is 30.7 Å². The first kappa shape index (κ1) is 30.6. The van der Waals surface area contributed by atoms with E-state index in [9.17, 15) is 23.5 Å². The number of pyridine rings is 1. The molecule has 1 heterocycles. The largest absolute Gasteiger partial charge is 0.499 e. The second-order valence-electron chi connectivity index (χ2n) is 7.40. The number of nitrogens with zero attached hydrogens (tertiary/aromatic N) is 1. The minimum absolute atomic E-state index is 0.0686.